The molecule has 2 N–H and O–H groups in total. The van der Waals surface area contributed by atoms with E-state index < -0.39 is 0 Å². The number of halogens is 2. The summed E-state index contributed by atoms with van der Waals surface area (Å²) in [5, 5.41) is 0. The van der Waals surface area contributed by atoms with Crippen molar-refractivity contribution in [2.24, 2.45) is 11.1 Å². The fraction of sp³-hybridized carbons (Fsp3) is 0.944. The summed E-state index contributed by atoms with van der Waals surface area (Å²) in [4.78, 5) is 17.3. The van der Waals surface area contributed by atoms with Crippen molar-refractivity contribution in [3.8, 4) is 0 Å². The number of hydrogen-bond acceptors (Lipinski definition) is 3. The van der Waals surface area contributed by atoms with Crippen LogP contribution in [0.15, 0.2) is 0 Å². The summed E-state index contributed by atoms with van der Waals surface area (Å²) in [5.74, 6) is 0.321. The highest BCUT2D eigenvalue weighted by molar-refractivity contribution is 5.85. The lowest BCUT2D eigenvalue weighted by molar-refractivity contribution is -0.135. The van der Waals surface area contributed by atoms with Gasteiger partial charge >= 0.3 is 0 Å². The molecule has 0 unspecified atom stereocenters. The molecule has 0 aromatic heterocycles. The molecule has 2 aliphatic rings. The van der Waals surface area contributed by atoms with Gasteiger partial charge in [-0.3, -0.25) is 4.79 Å². The molecule has 0 atom stereocenters. The molecule has 2 rings (SSSR count). The lowest BCUT2D eigenvalue weighted by atomic mass is 9.71. The lowest BCUT2D eigenvalue weighted by Gasteiger charge is -2.40. The molecule has 0 radical (unpaired) electrons. The second-order valence-electron chi connectivity index (χ2n) is 7.52. The Bertz CT molecular complexity index is 354. The number of piperidine rings is 1. The zero-order valence-corrected chi connectivity index (χ0v) is 17.1. The maximum Gasteiger partial charge on any atom is 0.223 e. The normalized spacial score (nSPS) is 21.5. The van der Waals surface area contributed by atoms with Crippen molar-refractivity contribution in [2.75, 3.05) is 33.2 Å². The summed E-state index contributed by atoms with van der Waals surface area (Å²) in [6, 6.07) is 0.430. The molecular formula is C18H37Cl2N3O. The minimum Gasteiger partial charge on any atom is -0.343 e. The van der Waals surface area contributed by atoms with E-state index in [2.05, 4.69) is 11.8 Å². The first-order valence-electron chi connectivity index (χ1n) is 9.28. The highest BCUT2D eigenvalue weighted by Gasteiger charge is 2.35. The van der Waals surface area contributed by atoms with Gasteiger partial charge in [-0.15, -0.1) is 24.8 Å². The van der Waals surface area contributed by atoms with Gasteiger partial charge in [0.15, 0.2) is 0 Å². The first kappa shape index (κ1) is 24.0. The SMILES string of the molecule is CCCN1CCC(N(C)C(=O)CC2(CN)CCCCC2)CC1.Cl.Cl. The highest BCUT2D eigenvalue weighted by Crippen LogP contribution is 2.39. The number of carbonyl (C=O) groups is 1. The standard InChI is InChI=1S/C18H35N3O.2ClH/c1-3-11-21-12-7-16(8-13-21)20(2)17(22)14-18(15-19)9-5-4-6-10-18;;/h16H,3-15,19H2,1-2H3;2*1H. The average molecular weight is 382 g/mol. The Kier molecular flexibility index (Phi) is 11.5. The third-order valence-electron chi connectivity index (χ3n) is 5.91. The highest BCUT2D eigenvalue weighted by atomic mass is 35.5. The molecule has 1 saturated heterocycles. The van der Waals surface area contributed by atoms with Crippen LogP contribution in [0.4, 0.5) is 0 Å². The van der Waals surface area contributed by atoms with Crippen LogP contribution in [-0.4, -0.2) is 55.0 Å². The second-order valence-corrected chi connectivity index (χ2v) is 7.52. The van der Waals surface area contributed by atoms with E-state index >= 15 is 0 Å². The molecule has 1 heterocycles. The Labute approximate surface area is 160 Å². The van der Waals surface area contributed by atoms with Gasteiger partial charge in [-0.1, -0.05) is 26.2 Å². The van der Waals surface area contributed by atoms with E-state index in [1.165, 1.54) is 32.2 Å². The van der Waals surface area contributed by atoms with Crippen molar-refractivity contribution in [1.29, 1.82) is 0 Å². The molecule has 1 aliphatic heterocycles. The van der Waals surface area contributed by atoms with E-state index in [4.69, 9.17) is 5.73 Å². The number of hydrogen-bond donors (Lipinski definition) is 1. The Balaban J connectivity index is 0.00000264. The smallest absolute Gasteiger partial charge is 0.223 e. The van der Waals surface area contributed by atoms with Crippen LogP contribution in [0.3, 0.4) is 0 Å². The van der Waals surface area contributed by atoms with Crippen LogP contribution in [0.5, 0.6) is 0 Å². The molecule has 6 heteroatoms. The Hall–Kier alpha value is -0.0300. The summed E-state index contributed by atoms with van der Waals surface area (Å²) in [5.41, 5.74) is 6.13. The predicted molar refractivity (Wildman–Crippen MR) is 106 cm³/mol. The van der Waals surface area contributed by atoms with Crippen LogP contribution in [0.2, 0.25) is 0 Å². The van der Waals surface area contributed by atoms with Gasteiger partial charge in [-0.25, -0.2) is 0 Å². The number of nitrogens with zero attached hydrogens (tertiary/aromatic N) is 2. The molecule has 1 aliphatic carbocycles. The van der Waals surface area contributed by atoms with Crippen LogP contribution in [0, 0.1) is 5.41 Å². The summed E-state index contributed by atoms with van der Waals surface area (Å²) < 4.78 is 0. The minimum absolute atomic E-state index is 0. The summed E-state index contributed by atoms with van der Waals surface area (Å²) in [6.07, 6.45) is 10.2. The van der Waals surface area contributed by atoms with E-state index in [-0.39, 0.29) is 30.2 Å². The average Bonchev–Trinajstić information content (AvgIpc) is 2.56. The predicted octanol–water partition coefficient (Wildman–Crippen LogP) is 3.46. The largest absolute Gasteiger partial charge is 0.343 e. The van der Waals surface area contributed by atoms with Crippen molar-refractivity contribution in [3.05, 3.63) is 0 Å². The maximum absolute atomic E-state index is 12.7. The topological polar surface area (TPSA) is 49.6 Å². The number of carbonyl (C=O) groups excluding carboxylic acids is 1. The van der Waals surface area contributed by atoms with E-state index in [1.807, 2.05) is 11.9 Å². The first-order chi connectivity index (χ1) is 10.6. The van der Waals surface area contributed by atoms with Crippen molar-refractivity contribution in [1.82, 2.24) is 9.80 Å². The number of rotatable bonds is 6. The number of likely N-dealkylation sites (tertiary alicyclic amines) is 1. The van der Waals surface area contributed by atoms with Crippen LogP contribution < -0.4 is 5.73 Å². The van der Waals surface area contributed by atoms with E-state index in [0.29, 0.717) is 24.9 Å². The fourth-order valence-electron chi connectivity index (χ4n) is 4.25. The molecule has 1 saturated carbocycles. The van der Waals surface area contributed by atoms with Crippen LogP contribution in [0.25, 0.3) is 0 Å². The molecular weight excluding hydrogens is 345 g/mol. The molecule has 0 bridgehead atoms. The van der Waals surface area contributed by atoms with Gasteiger partial charge in [0.1, 0.15) is 0 Å². The van der Waals surface area contributed by atoms with Crippen LogP contribution >= 0.6 is 24.8 Å². The van der Waals surface area contributed by atoms with Crippen molar-refractivity contribution in [2.45, 2.75) is 70.8 Å². The maximum atomic E-state index is 12.7. The Morgan fingerprint density at radius 2 is 1.75 bits per heavy atom. The summed E-state index contributed by atoms with van der Waals surface area (Å²) >= 11 is 0. The van der Waals surface area contributed by atoms with E-state index in [0.717, 1.165) is 38.8 Å². The van der Waals surface area contributed by atoms with Gasteiger partial charge in [-0.2, -0.15) is 0 Å². The van der Waals surface area contributed by atoms with E-state index in [9.17, 15) is 4.79 Å². The molecule has 4 nitrogen and oxygen atoms in total. The quantitative estimate of drug-likeness (QED) is 0.765. The first-order valence-corrected chi connectivity index (χ1v) is 9.28. The van der Waals surface area contributed by atoms with Crippen molar-refractivity contribution >= 4 is 30.7 Å². The van der Waals surface area contributed by atoms with Gasteiger partial charge in [0.05, 0.1) is 0 Å². The van der Waals surface area contributed by atoms with Crippen molar-refractivity contribution in [3.63, 3.8) is 0 Å². The second kappa shape index (κ2) is 11.6. The van der Waals surface area contributed by atoms with E-state index in [1.54, 1.807) is 0 Å². The van der Waals surface area contributed by atoms with Crippen LogP contribution in [-0.2, 0) is 4.79 Å². The zero-order valence-electron chi connectivity index (χ0n) is 15.5. The van der Waals surface area contributed by atoms with Gasteiger partial charge in [0.2, 0.25) is 5.91 Å². The molecule has 0 aromatic carbocycles. The summed E-state index contributed by atoms with van der Waals surface area (Å²) in [6.45, 7) is 6.37. The van der Waals surface area contributed by atoms with Gasteiger partial charge in [0.25, 0.3) is 0 Å². The fourth-order valence-corrected chi connectivity index (χ4v) is 4.25. The van der Waals surface area contributed by atoms with Gasteiger partial charge in [0, 0.05) is 32.6 Å². The monoisotopic (exact) mass is 381 g/mol. The molecule has 0 aromatic rings. The Morgan fingerprint density at radius 1 is 1.17 bits per heavy atom. The van der Waals surface area contributed by atoms with Crippen LogP contribution in [0.1, 0.15) is 64.7 Å². The number of amides is 1. The third kappa shape index (κ3) is 6.36. The molecule has 2 fully saturated rings. The zero-order chi connectivity index (χ0) is 16.0. The molecule has 144 valence electrons. The van der Waals surface area contributed by atoms with Gasteiger partial charge < -0.3 is 15.5 Å². The molecule has 24 heavy (non-hydrogen) atoms. The lowest BCUT2D eigenvalue weighted by Crippen LogP contribution is -2.47. The summed E-state index contributed by atoms with van der Waals surface area (Å²) in [7, 11) is 2.01. The molecule has 0 spiro atoms. The Morgan fingerprint density at radius 3 is 2.25 bits per heavy atom. The minimum atomic E-state index is 0. The molecule has 1 amide bonds. The third-order valence-corrected chi connectivity index (χ3v) is 5.91. The van der Waals surface area contributed by atoms with Gasteiger partial charge in [-0.05, 0) is 50.6 Å². The van der Waals surface area contributed by atoms with Crippen molar-refractivity contribution < 1.29 is 4.79 Å². The number of nitrogens with two attached hydrogens (primary N) is 1.